The van der Waals surface area contributed by atoms with Crippen LogP contribution in [0.5, 0.6) is 6.01 Å². The molecule has 0 fully saturated rings. The molecule has 0 amide bonds. The minimum Gasteiger partial charge on any atom is -0.467 e. The molecule has 0 aliphatic heterocycles. The summed E-state index contributed by atoms with van der Waals surface area (Å²) >= 11 is 5.99. The van der Waals surface area contributed by atoms with Gasteiger partial charge in [0.15, 0.2) is 5.65 Å². The Morgan fingerprint density at radius 3 is 2.50 bits per heavy atom. The van der Waals surface area contributed by atoms with Gasteiger partial charge in [0, 0.05) is 10.4 Å². The quantitative estimate of drug-likeness (QED) is 0.527. The van der Waals surface area contributed by atoms with Gasteiger partial charge >= 0.3 is 11.7 Å². The number of nitrogens with zero attached hydrogens (tertiary/aromatic N) is 6. The fourth-order valence-electron chi connectivity index (χ4n) is 3.07. The van der Waals surface area contributed by atoms with Crippen molar-refractivity contribution in [2.45, 2.75) is 32.7 Å². The van der Waals surface area contributed by atoms with Crippen LogP contribution < -0.4 is 10.4 Å². The monoisotopic (exact) mass is 398 g/mol. The van der Waals surface area contributed by atoms with Crippen LogP contribution in [-0.2, 0) is 12.0 Å². The Labute approximate surface area is 165 Å². The molecule has 4 rings (SSSR count). The van der Waals surface area contributed by atoms with Crippen molar-refractivity contribution in [1.82, 2.24) is 29.1 Å². The lowest BCUT2D eigenvalue weighted by Crippen LogP contribution is -2.31. The van der Waals surface area contributed by atoms with Crippen LogP contribution in [-0.4, -0.2) is 36.2 Å². The first kappa shape index (κ1) is 18.4. The molecule has 144 valence electrons. The fourth-order valence-corrected chi connectivity index (χ4v) is 3.20. The van der Waals surface area contributed by atoms with Crippen molar-refractivity contribution in [3.63, 3.8) is 0 Å². The number of methoxy groups -OCH3 is 1. The Hall–Kier alpha value is -3.00. The summed E-state index contributed by atoms with van der Waals surface area (Å²) in [7, 11) is 1.49. The maximum atomic E-state index is 13.4. The zero-order chi connectivity index (χ0) is 20.1. The molecule has 0 spiro atoms. The smallest absolute Gasteiger partial charge is 0.336 e. The van der Waals surface area contributed by atoms with Crippen molar-refractivity contribution in [2.75, 3.05) is 7.11 Å². The number of fused-ring (bicyclic) bond motifs is 3. The first-order chi connectivity index (χ1) is 13.3. The molecule has 0 bridgehead atoms. The zero-order valence-electron chi connectivity index (χ0n) is 16.0. The standard InChI is InChI=1S/C19H19ClN6O2/c1-19(2,3)16-24-23-15-14-13(9-21-17(22-14)28-4)25(18(27)26(15)16)10-11-5-7-12(20)8-6-11/h5-9H,10H2,1-4H3. The second-order valence-corrected chi connectivity index (χ2v) is 7.95. The van der Waals surface area contributed by atoms with Crippen LogP contribution in [0.1, 0.15) is 32.2 Å². The molecule has 0 atom stereocenters. The van der Waals surface area contributed by atoms with Gasteiger partial charge in [0.05, 0.1) is 25.4 Å². The van der Waals surface area contributed by atoms with Gasteiger partial charge < -0.3 is 4.74 Å². The number of aromatic nitrogens is 6. The van der Waals surface area contributed by atoms with Gasteiger partial charge in [0.1, 0.15) is 11.3 Å². The average Bonchev–Trinajstić information content (AvgIpc) is 3.12. The number of ether oxygens (including phenoxy) is 1. The van der Waals surface area contributed by atoms with Gasteiger partial charge in [-0.05, 0) is 17.7 Å². The van der Waals surface area contributed by atoms with Crippen LogP contribution in [0.4, 0.5) is 0 Å². The SMILES string of the molecule is COc1ncc2c(n1)c1nnc(C(C)(C)C)n1c(=O)n2Cc1ccc(Cl)cc1. The Morgan fingerprint density at radius 1 is 1.14 bits per heavy atom. The van der Waals surface area contributed by atoms with Gasteiger partial charge in [-0.15, -0.1) is 10.2 Å². The Kier molecular flexibility index (Phi) is 4.30. The molecule has 0 unspecified atom stereocenters. The minimum atomic E-state index is -0.374. The molecular weight excluding hydrogens is 380 g/mol. The van der Waals surface area contributed by atoms with Gasteiger partial charge in [0.25, 0.3) is 0 Å². The molecule has 0 radical (unpaired) electrons. The summed E-state index contributed by atoms with van der Waals surface area (Å²) in [6.07, 6.45) is 1.57. The van der Waals surface area contributed by atoms with E-state index in [9.17, 15) is 4.79 Å². The average molecular weight is 399 g/mol. The number of rotatable bonds is 3. The van der Waals surface area contributed by atoms with E-state index in [2.05, 4.69) is 20.2 Å². The Balaban J connectivity index is 2.07. The zero-order valence-corrected chi connectivity index (χ0v) is 16.7. The highest BCUT2D eigenvalue weighted by molar-refractivity contribution is 6.30. The van der Waals surface area contributed by atoms with Gasteiger partial charge in [0.2, 0.25) is 0 Å². The third-order valence-electron chi connectivity index (χ3n) is 4.44. The van der Waals surface area contributed by atoms with E-state index in [-0.39, 0.29) is 17.1 Å². The Morgan fingerprint density at radius 2 is 1.86 bits per heavy atom. The maximum absolute atomic E-state index is 13.4. The van der Waals surface area contributed by atoms with Gasteiger partial charge in [-0.3, -0.25) is 4.57 Å². The van der Waals surface area contributed by atoms with Crippen LogP contribution in [0, 0.1) is 0 Å². The molecule has 0 saturated carbocycles. The molecule has 0 N–H and O–H groups in total. The highest BCUT2D eigenvalue weighted by Crippen LogP contribution is 2.24. The first-order valence-corrected chi connectivity index (χ1v) is 9.11. The molecular formula is C19H19ClN6O2. The van der Waals surface area contributed by atoms with Crippen molar-refractivity contribution in [3.8, 4) is 6.01 Å². The lowest BCUT2D eigenvalue weighted by Gasteiger charge is -2.17. The lowest BCUT2D eigenvalue weighted by molar-refractivity contribution is 0.381. The van der Waals surface area contributed by atoms with E-state index in [0.717, 1.165) is 5.56 Å². The van der Waals surface area contributed by atoms with E-state index in [1.165, 1.54) is 11.5 Å². The second-order valence-electron chi connectivity index (χ2n) is 7.52. The van der Waals surface area contributed by atoms with Crippen LogP contribution in [0.3, 0.4) is 0 Å². The molecule has 4 aromatic rings. The molecule has 3 heterocycles. The fraction of sp³-hybridized carbons (Fsp3) is 0.316. The van der Waals surface area contributed by atoms with Crippen molar-refractivity contribution in [3.05, 3.63) is 57.4 Å². The van der Waals surface area contributed by atoms with Crippen LogP contribution >= 0.6 is 11.6 Å². The van der Waals surface area contributed by atoms with Crippen LogP contribution in [0.2, 0.25) is 5.02 Å². The highest BCUT2D eigenvalue weighted by Gasteiger charge is 2.25. The molecule has 9 heteroatoms. The summed E-state index contributed by atoms with van der Waals surface area (Å²) < 4.78 is 8.30. The van der Waals surface area contributed by atoms with E-state index in [4.69, 9.17) is 16.3 Å². The van der Waals surface area contributed by atoms with Crippen molar-refractivity contribution in [1.29, 1.82) is 0 Å². The normalized spacial score (nSPS) is 12.0. The summed E-state index contributed by atoms with van der Waals surface area (Å²) in [6.45, 7) is 6.28. The third-order valence-corrected chi connectivity index (χ3v) is 4.69. The first-order valence-electron chi connectivity index (χ1n) is 8.73. The Bertz CT molecular complexity index is 1240. The second kappa shape index (κ2) is 6.56. The van der Waals surface area contributed by atoms with E-state index < -0.39 is 0 Å². The number of hydrogen-bond acceptors (Lipinski definition) is 6. The molecule has 0 aliphatic rings. The molecule has 28 heavy (non-hydrogen) atoms. The topological polar surface area (TPSA) is 87.2 Å². The predicted octanol–water partition coefficient (Wildman–Crippen LogP) is 2.84. The van der Waals surface area contributed by atoms with Crippen molar-refractivity contribution >= 4 is 28.3 Å². The number of halogens is 1. The van der Waals surface area contributed by atoms with E-state index in [1.807, 2.05) is 32.9 Å². The number of hydrogen-bond donors (Lipinski definition) is 0. The highest BCUT2D eigenvalue weighted by atomic mass is 35.5. The predicted molar refractivity (Wildman–Crippen MR) is 106 cm³/mol. The van der Waals surface area contributed by atoms with E-state index in [0.29, 0.717) is 34.1 Å². The third kappa shape index (κ3) is 2.99. The van der Waals surface area contributed by atoms with Crippen LogP contribution in [0.25, 0.3) is 16.7 Å². The van der Waals surface area contributed by atoms with Crippen molar-refractivity contribution in [2.24, 2.45) is 0 Å². The van der Waals surface area contributed by atoms with E-state index in [1.54, 1.807) is 22.9 Å². The summed E-state index contributed by atoms with van der Waals surface area (Å²) in [5.41, 5.74) is 1.75. The van der Waals surface area contributed by atoms with E-state index >= 15 is 0 Å². The van der Waals surface area contributed by atoms with Crippen LogP contribution in [0.15, 0.2) is 35.3 Å². The van der Waals surface area contributed by atoms with Gasteiger partial charge in [-0.1, -0.05) is 44.5 Å². The lowest BCUT2D eigenvalue weighted by atomic mass is 9.96. The molecule has 0 aliphatic carbocycles. The maximum Gasteiger partial charge on any atom is 0.336 e. The molecule has 0 saturated heterocycles. The summed E-state index contributed by atoms with van der Waals surface area (Å²) in [6, 6.07) is 7.55. The van der Waals surface area contributed by atoms with Crippen molar-refractivity contribution < 1.29 is 4.74 Å². The minimum absolute atomic E-state index is 0.200. The molecule has 3 aromatic heterocycles. The van der Waals surface area contributed by atoms with Gasteiger partial charge in [-0.2, -0.15) is 4.98 Å². The molecule has 1 aromatic carbocycles. The summed E-state index contributed by atoms with van der Waals surface area (Å²) in [4.78, 5) is 22.0. The molecule has 8 nitrogen and oxygen atoms in total. The van der Waals surface area contributed by atoms with Gasteiger partial charge in [-0.25, -0.2) is 14.2 Å². The number of benzene rings is 1. The summed E-state index contributed by atoms with van der Waals surface area (Å²) in [5, 5.41) is 9.16. The summed E-state index contributed by atoms with van der Waals surface area (Å²) in [5.74, 6) is 0.567. The largest absolute Gasteiger partial charge is 0.467 e.